The predicted octanol–water partition coefficient (Wildman–Crippen LogP) is -2.00. The minimum atomic E-state index is -0.898. The van der Waals surface area contributed by atoms with Crippen molar-refractivity contribution in [2.24, 2.45) is 17.2 Å². The van der Waals surface area contributed by atoms with Crippen LogP contribution >= 0.6 is 0 Å². The molecular weight excluding hydrogens is 202 g/mol. The SMILES string of the molecule is NC(=O)CCOC(=O)[C@@H](N)CCC(N)=O. The molecule has 0 heterocycles. The van der Waals surface area contributed by atoms with Gasteiger partial charge in [0.15, 0.2) is 0 Å². The second kappa shape index (κ2) is 6.77. The van der Waals surface area contributed by atoms with Crippen LogP contribution in [0, 0.1) is 0 Å². The van der Waals surface area contributed by atoms with E-state index in [-0.39, 0.29) is 25.9 Å². The predicted molar refractivity (Wildman–Crippen MR) is 51.2 cm³/mol. The van der Waals surface area contributed by atoms with Gasteiger partial charge < -0.3 is 21.9 Å². The van der Waals surface area contributed by atoms with Crippen LogP contribution in [0.3, 0.4) is 0 Å². The zero-order chi connectivity index (χ0) is 11.8. The maximum atomic E-state index is 11.1. The van der Waals surface area contributed by atoms with Gasteiger partial charge >= 0.3 is 5.97 Å². The van der Waals surface area contributed by atoms with Crippen molar-refractivity contribution in [3.63, 3.8) is 0 Å². The van der Waals surface area contributed by atoms with Gasteiger partial charge in [0.05, 0.1) is 6.42 Å². The van der Waals surface area contributed by atoms with E-state index in [1.165, 1.54) is 0 Å². The van der Waals surface area contributed by atoms with Gasteiger partial charge in [-0.15, -0.1) is 0 Å². The van der Waals surface area contributed by atoms with Crippen LogP contribution in [0.4, 0.5) is 0 Å². The summed E-state index contributed by atoms with van der Waals surface area (Å²) in [5, 5.41) is 0. The number of carbonyl (C=O) groups excluding carboxylic acids is 3. The van der Waals surface area contributed by atoms with E-state index in [9.17, 15) is 14.4 Å². The number of esters is 1. The average Bonchev–Trinajstić information content (AvgIpc) is 2.13. The topological polar surface area (TPSA) is 138 Å². The molecule has 86 valence electrons. The summed E-state index contributed by atoms with van der Waals surface area (Å²) in [7, 11) is 0. The summed E-state index contributed by atoms with van der Waals surface area (Å²) in [6, 6.07) is -0.898. The number of ether oxygens (including phenoxy) is 1. The first-order chi connectivity index (χ1) is 6.93. The van der Waals surface area contributed by atoms with Crippen LogP contribution in [0.2, 0.25) is 0 Å². The van der Waals surface area contributed by atoms with Gasteiger partial charge in [0, 0.05) is 6.42 Å². The van der Waals surface area contributed by atoms with Crippen LogP contribution in [-0.4, -0.2) is 30.4 Å². The van der Waals surface area contributed by atoms with Gasteiger partial charge in [0.2, 0.25) is 11.8 Å². The lowest BCUT2D eigenvalue weighted by Crippen LogP contribution is -2.34. The molecule has 0 saturated heterocycles. The Morgan fingerprint density at radius 2 is 1.60 bits per heavy atom. The molecule has 0 saturated carbocycles. The fourth-order valence-corrected chi connectivity index (χ4v) is 0.775. The molecule has 0 aliphatic rings. The maximum absolute atomic E-state index is 11.1. The van der Waals surface area contributed by atoms with E-state index in [1.54, 1.807) is 0 Å². The summed E-state index contributed by atoms with van der Waals surface area (Å²) in [6.07, 6.45) is 0.102. The summed E-state index contributed by atoms with van der Waals surface area (Å²) < 4.78 is 4.63. The number of primary amides is 2. The quantitative estimate of drug-likeness (QED) is 0.423. The summed E-state index contributed by atoms with van der Waals surface area (Å²) in [6.45, 7) is -0.0988. The summed E-state index contributed by atoms with van der Waals surface area (Å²) in [5.41, 5.74) is 15.1. The van der Waals surface area contributed by atoms with E-state index in [0.29, 0.717) is 0 Å². The normalized spacial score (nSPS) is 11.8. The molecule has 0 aliphatic heterocycles. The Bertz CT molecular complexity index is 254. The molecule has 0 aromatic carbocycles. The average molecular weight is 217 g/mol. The highest BCUT2D eigenvalue weighted by Crippen LogP contribution is 1.97. The van der Waals surface area contributed by atoms with Gasteiger partial charge in [-0.05, 0) is 6.42 Å². The molecule has 7 heteroatoms. The lowest BCUT2D eigenvalue weighted by atomic mass is 10.1. The Morgan fingerprint density at radius 1 is 1.07 bits per heavy atom. The first-order valence-electron chi connectivity index (χ1n) is 4.42. The molecule has 0 radical (unpaired) electrons. The first kappa shape index (κ1) is 13.4. The summed E-state index contributed by atoms with van der Waals surface area (Å²) in [5.74, 6) is -1.76. The van der Waals surface area contributed by atoms with Crippen molar-refractivity contribution in [2.45, 2.75) is 25.3 Å². The third kappa shape index (κ3) is 7.44. The number of amides is 2. The van der Waals surface area contributed by atoms with E-state index in [0.717, 1.165) is 0 Å². The zero-order valence-corrected chi connectivity index (χ0v) is 8.27. The Labute approximate surface area is 86.9 Å². The first-order valence-corrected chi connectivity index (χ1v) is 4.42. The monoisotopic (exact) mass is 217 g/mol. The van der Waals surface area contributed by atoms with E-state index in [2.05, 4.69) is 4.74 Å². The van der Waals surface area contributed by atoms with Gasteiger partial charge in [-0.3, -0.25) is 14.4 Å². The molecular formula is C8H15N3O4. The Balaban J connectivity index is 3.69. The minimum absolute atomic E-state index is 0.0199. The van der Waals surface area contributed by atoms with Crippen LogP contribution in [0.25, 0.3) is 0 Å². The molecule has 0 aromatic rings. The van der Waals surface area contributed by atoms with Crippen molar-refractivity contribution in [2.75, 3.05) is 6.61 Å². The standard InChI is InChI=1S/C8H15N3O4/c9-5(1-2-6(10)12)8(14)15-4-3-7(11)13/h5H,1-4,9H2,(H2,10,12)(H2,11,13)/t5-/m0/s1. The fourth-order valence-electron chi connectivity index (χ4n) is 0.775. The van der Waals surface area contributed by atoms with Crippen molar-refractivity contribution in [3.05, 3.63) is 0 Å². The highest BCUT2D eigenvalue weighted by molar-refractivity contribution is 5.78. The number of carbonyl (C=O) groups is 3. The molecule has 1 atom stereocenters. The van der Waals surface area contributed by atoms with Crippen molar-refractivity contribution in [1.29, 1.82) is 0 Å². The smallest absolute Gasteiger partial charge is 0.322 e. The van der Waals surface area contributed by atoms with Crippen LogP contribution in [0.1, 0.15) is 19.3 Å². The maximum Gasteiger partial charge on any atom is 0.322 e. The van der Waals surface area contributed by atoms with Crippen molar-refractivity contribution in [1.82, 2.24) is 0 Å². The summed E-state index contributed by atoms with van der Waals surface area (Å²) in [4.78, 5) is 31.8. The number of nitrogens with two attached hydrogens (primary N) is 3. The molecule has 2 amide bonds. The lowest BCUT2D eigenvalue weighted by molar-refractivity contribution is -0.145. The fraction of sp³-hybridized carbons (Fsp3) is 0.625. The third-order valence-electron chi connectivity index (χ3n) is 1.60. The number of hydrogen-bond donors (Lipinski definition) is 3. The Hall–Kier alpha value is -1.63. The van der Waals surface area contributed by atoms with E-state index < -0.39 is 23.8 Å². The largest absolute Gasteiger partial charge is 0.464 e. The van der Waals surface area contributed by atoms with E-state index in [1.807, 2.05) is 0 Å². The molecule has 7 nitrogen and oxygen atoms in total. The molecule has 0 bridgehead atoms. The van der Waals surface area contributed by atoms with Gasteiger partial charge in [0.25, 0.3) is 0 Å². The molecule has 0 spiro atoms. The highest BCUT2D eigenvalue weighted by atomic mass is 16.5. The van der Waals surface area contributed by atoms with Gasteiger partial charge in [-0.25, -0.2) is 0 Å². The second-order valence-corrected chi connectivity index (χ2v) is 3.00. The zero-order valence-electron chi connectivity index (χ0n) is 8.27. The third-order valence-corrected chi connectivity index (χ3v) is 1.60. The number of rotatable bonds is 7. The van der Waals surface area contributed by atoms with Crippen LogP contribution < -0.4 is 17.2 Å². The highest BCUT2D eigenvalue weighted by Gasteiger charge is 2.15. The van der Waals surface area contributed by atoms with E-state index >= 15 is 0 Å². The van der Waals surface area contributed by atoms with Crippen molar-refractivity contribution < 1.29 is 19.1 Å². The van der Waals surface area contributed by atoms with E-state index in [4.69, 9.17) is 17.2 Å². The van der Waals surface area contributed by atoms with Gasteiger partial charge in [0.1, 0.15) is 12.6 Å². The molecule has 15 heavy (non-hydrogen) atoms. The Kier molecular flexibility index (Phi) is 6.03. The lowest BCUT2D eigenvalue weighted by Gasteiger charge is -2.09. The van der Waals surface area contributed by atoms with Crippen LogP contribution in [0.15, 0.2) is 0 Å². The van der Waals surface area contributed by atoms with Gasteiger partial charge in [-0.2, -0.15) is 0 Å². The molecule has 0 fully saturated rings. The minimum Gasteiger partial charge on any atom is -0.464 e. The summed E-state index contributed by atoms with van der Waals surface area (Å²) >= 11 is 0. The molecule has 6 N–H and O–H groups in total. The second-order valence-electron chi connectivity index (χ2n) is 3.00. The Morgan fingerprint density at radius 3 is 2.07 bits per heavy atom. The van der Waals surface area contributed by atoms with Crippen LogP contribution in [0.5, 0.6) is 0 Å². The van der Waals surface area contributed by atoms with Crippen molar-refractivity contribution >= 4 is 17.8 Å². The molecule has 0 aromatic heterocycles. The molecule has 0 unspecified atom stereocenters. The van der Waals surface area contributed by atoms with Gasteiger partial charge in [-0.1, -0.05) is 0 Å². The molecule has 0 aliphatic carbocycles. The van der Waals surface area contributed by atoms with Crippen LogP contribution in [-0.2, 0) is 19.1 Å². The molecule has 0 rings (SSSR count). The number of hydrogen-bond acceptors (Lipinski definition) is 5. The van der Waals surface area contributed by atoms with Crippen molar-refractivity contribution in [3.8, 4) is 0 Å².